The van der Waals surface area contributed by atoms with Crippen LogP contribution >= 0.6 is 27.3 Å². The molecule has 5 nitrogen and oxygen atoms in total. The third kappa shape index (κ3) is 2.80. The average molecular weight is 385 g/mol. The van der Waals surface area contributed by atoms with E-state index in [2.05, 4.69) is 36.2 Å². The highest BCUT2D eigenvalue weighted by Gasteiger charge is 2.11. The van der Waals surface area contributed by atoms with Crippen LogP contribution in [0.4, 0.5) is 5.13 Å². The molecule has 0 saturated heterocycles. The van der Waals surface area contributed by atoms with E-state index < -0.39 is 0 Å². The van der Waals surface area contributed by atoms with Gasteiger partial charge < -0.3 is 0 Å². The molecule has 0 unspecified atom stereocenters. The molecule has 0 aliphatic carbocycles. The van der Waals surface area contributed by atoms with Gasteiger partial charge in [0.1, 0.15) is 0 Å². The van der Waals surface area contributed by atoms with Crippen LogP contribution in [0.3, 0.4) is 0 Å². The molecule has 0 aliphatic rings. The predicted molar refractivity (Wildman–Crippen MR) is 94.8 cm³/mol. The highest BCUT2D eigenvalue weighted by atomic mass is 79.9. The second kappa shape index (κ2) is 5.68. The van der Waals surface area contributed by atoms with Gasteiger partial charge in [0.05, 0.1) is 21.3 Å². The Morgan fingerprint density at radius 3 is 2.65 bits per heavy atom. The molecular formula is C16H9BrN4OS. The Hall–Kier alpha value is -2.38. The standard InChI is InChI=1S/C16H9BrN4OS/c17-10-2-4-12-14(8-10)23-16(20-12)21-15(22)9-1-3-11-13(7-9)19-6-5-18-11/h1-8H,(H,20,21,22). The normalized spacial score (nSPS) is 11.0. The van der Waals surface area contributed by atoms with Gasteiger partial charge in [-0.3, -0.25) is 20.1 Å². The summed E-state index contributed by atoms with van der Waals surface area (Å²) < 4.78 is 2.00. The quantitative estimate of drug-likeness (QED) is 0.560. The third-order valence-electron chi connectivity index (χ3n) is 3.30. The number of nitrogens with zero attached hydrogens (tertiary/aromatic N) is 3. The van der Waals surface area contributed by atoms with Crippen LogP contribution in [0.1, 0.15) is 10.4 Å². The predicted octanol–water partition coefficient (Wildman–Crippen LogP) is 4.25. The van der Waals surface area contributed by atoms with E-state index in [0.29, 0.717) is 16.2 Å². The van der Waals surface area contributed by atoms with Crippen molar-refractivity contribution in [3.05, 3.63) is 58.8 Å². The Balaban J connectivity index is 1.64. The number of thiazole rings is 1. The van der Waals surface area contributed by atoms with Crippen LogP contribution in [0.25, 0.3) is 21.3 Å². The first-order valence-corrected chi connectivity index (χ1v) is 8.38. The SMILES string of the molecule is O=C(Nc1nc2ccc(Br)cc2s1)c1ccc2nccnc2c1. The van der Waals surface area contributed by atoms with Gasteiger partial charge in [0.2, 0.25) is 0 Å². The fourth-order valence-corrected chi connectivity index (χ4v) is 3.64. The van der Waals surface area contributed by atoms with Crippen molar-refractivity contribution in [2.45, 2.75) is 0 Å². The highest BCUT2D eigenvalue weighted by Crippen LogP contribution is 2.28. The molecule has 0 saturated carbocycles. The Kier molecular flexibility index (Phi) is 3.51. The first-order valence-electron chi connectivity index (χ1n) is 6.77. The van der Waals surface area contributed by atoms with Gasteiger partial charge in [-0.2, -0.15) is 0 Å². The zero-order valence-corrected chi connectivity index (χ0v) is 14.1. The van der Waals surface area contributed by atoms with Crippen LogP contribution < -0.4 is 5.32 Å². The lowest BCUT2D eigenvalue weighted by molar-refractivity contribution is 0.102. The van der Waals surface area contributed by atoms with Crippen molar-refractivity contribution in [1.29, 1.82) is 0 Å². The maximum atomic E-state index is 12.4. The minimum absolute atomic E-state index is 0.212. The number of carbonyl (C=O) groups excluding carboxylic acids is 1. The summed E-state index contributed by atoms with van der Waals surface area (Å²) in [6, 6.07) is 11.1. The molecule has 1 amide bonds. The van der Waals surface area contributed by atoms with Gasteiger partial charge in [0, 0.05) is 22.4 Å². The minimum Gasteiger partial charge on any atom is -0.298 e. The van der Waals surface area contributed by atoms with E-state index in [1.54, 1.807) is 30.6 Å². The lowest BCUT2D eigenvalue weighted by Gasteiger charge is -2.02. The van der Waals surface area contributed by atoms with Crippen molar-refractivity contribution in [2.75, 3.05) is 5.32 Å². The van der Waals surface area contributed by atoms with E-state index in [4.69, 9.17) is 0 Å². The van der Waals surface area contributed by atoms with E-state index in [9.17, 15) is 4.79 Å². The molecular weight excluding hydrogens is 376 g/mol. The molecule has 4 aromatic rings. The maximum Gasteiger partial charge on any atom is 0.257 e. The molecule has 0 spiro atoms. The Morgan fingerprint density at radius 2 is 1.78 bits per heavy atom. The number of fused-ring (bicyclic) bond motifs is 2. The summed E-state index contributed by atoms with van der Waals surface area (Å²) in [7, 11) is 0. The number of hydrogen-bond acceptors (Lipinski definition) is 5. The van der Waals surface area contributed by atoms with Gasteiger partial charge in [-0.1, -0.05) is 27.3 Å². The summed E-state index contributed by atoms with van der Waals surface area (Å²) in [4.78, 5) is 25.2. The van der Waals surface area contributed by atoms with Crippen molar-refractivity contribution >= 4 is 59.6 Å². The topological polar surface area (TPSA) is 67.8 Å². The fourth-order valence-electron chi connectivity index (χ4n) is 2.23. The lowest BCUT2D eigenvalue weighted by atomic mass is 10.2. The molecule has 4 rings (SSSR count). The van der Waals surface area contributed by atoms with Gasteiger partial charge in [-0.15, -0.1) is 0 Å². The van der Waals surface area contributed by atoms with Crippen molar-refractivity contribution < 1.29 is 4.79 Å². The minimum atomic E-state index is -0.212. The Morgan fingerprint density at radius 1 is 1.00 bits per heavy atom. The number of halogens is 1. The number of aromatic nitrogens is 3. The average Bonchev–Trinajstić information content (AvgIpc) is 2.95. The molecule has 7 heteroatoms. The number of benzene rings is 2. The third-order valence-corrected chi connectivity index (χ3v) is 4.73. The van der Waals surface area contributed by atoms with Crippen molar-refractivity contribution in [1.82, 2.24) is 15.0 Å². The van der Waals surface area contributed by atoms with Gasteiger partial charge in [-0.05, 0) is 36.4 Å². The number of hydrogen-bond donors (Lipinski definition) is 1. The van der Waals surface area contributed by atoms with E-state index in [1.165, 1.54) is 11.3 Å². The number of nitrogens with one attached hydrogen (secondary N) is 1. The maximum absolute atomic E-state index is 12.4. The van der Waals surface area contributed by atoms with Gasteiger partial charge in [-0.25, -0.2) is 4.98 Å². The van der Waals surface area contributed by atoms with Crippen molar-refractivity contribution in [2.24, 2.45) is 0 Å². The molecule has 2 aromatic heterocycles. The second-order valence-corrected chi connectivity index (χ2v) is 6.79. The highest BCUT2D eigenvalue weighted by molar-refractivity contribution is 9.10. The zero-order chi connectivity index (χ0) is 15.8. The monoisotopic (exact) mass is 384 g/mol. The fraction of sp³-hybridized carbons (Fsp3) is 0. The largest absolute Gasteiger partial charge is 0.298 e. The van der Waals surface area contributed by atoms with Crippen LogP contribution in [0.15, 0.2) is 53.3 Å². The van der Waals surface area contributed by atoms with E-state index in [-0.39, 0.29) is 5.91 Å². The molecule has 0 radical (unpaired) electrons. The molecule has 0 aliphatic heterocycles. The molecule has 23 heavy (non-hydrogen) atoms. The summed E-state index contributed by atoms with van der Waals surface area (Å²) in [6.45, 7) is 0. The first kappa shape index (κ1) is 14.2. The first-order chi connectivity index (χ1) is 11.2. The second-order valence-electron chi connectivity index (χ2n) is 4.85. The summed E-state index contributed by atoms with van der Waals surface area (Å²) in [5.41, 5.74) is 2.83. The Labute approximate surface area is 143 Å². The molecule has 1 N–H and O–H groups in total. The summed E-state index contributed by atoms with van der Waals surface area (Å²) in [5.74, 6) is -0.212. The van der Waals surface area contributed by atoms with Crippen LogP contribution in [0, 0.1) is 0 Å². The number of rotatable bonds is 2. The van der Waals surface area contributed by atoms with Gasteiger partial charge >= 0.3 is 0 Å². The number of amides is 1. The molecule has 0 atom stereocenters. The number of anilines is 1. The van der Waals surface area contributed by atoms with E-state index in [1.807, 2.05) is 18.2 Å². The molecule has 0 bridgehead atoms. The van der Waals surface area contributed by atoms with Gasteiger partial charge in [0.15, 0.2) is 5.13 Å². The number of carbonyl (C=O) groups is 1. The van der Waals surface area contributed by atoms with Gasteiger partial charge in [0.25, 0.3) is 5.91 Å². The zero-order valence-electron chi connectivity index (χ0n) is 11.7. The van der Waals surface area contributed by atoms with Crippen molar-refractivity contribution in [3.63, 3.8) is 0 Å². The van der Waals surface area contributed by atoms with Crippen molar-refractivity contribution in [3.8, 4) is 0 Å². The van der Waals surface area contributed by atoms with Crippen LogP contribution in [0.2, 0.25) is 0 Å². The Bertz CT molecular complexity index is 1050. The summed E-state index contributed by atoms with van der Waals surface area (Å²) in [5, 5.41) is 3.41. The van der Waals surface area contributed by atoms with Crippen LogP contribution in [-0.4, -0.2) is 20.9 Å². The van der Waals surface area contributed by atoms with Crippen LogP contribution in [-0.2, 0) is 0 Å². The summed E-state index contributed by atoms with van der Waals surface area (Å²) in [6.07, 6.45) is 3.23. The summed E-state index contributed by atoms with van der Waals surface area (Å²) >= 11 is 4.87. The van der Waals surface area contributed by atoms with E-state index in [0.717, 1.165) is 20.2 Å². The molecule has 2 aromatic carbocycles. The molecule has 0 fully saturated rings. The lowest BCUT2D eigenvalue weighted by Crippen LogP contribution is -2.11. The molecule has 2 heterocycles. The smallest absolute Gasteiger partial charge is 0.257 e. The van der Waals surface area contributed by atoms with Crippen LogP contribution in [0.5, 0.6) is 0 Å². The molecule has 112 valence electrons. The van der Waals surface area contributed by atoms with E-state index >= 15 is 0 Å².